The summed E-state index contributed by atoms with van der Waals surface area (Å²) in [6.45, 7) is 5.72. The Bertz CT molecular complexity index is 987. The Balaban J connectivity index is 1.52. The van der Waals surface area contributed by atoms with Crippen molar-refractivity contribution in [2.45, 2.75) is 6.42 Å². The lowest BCUT2D eigenvalue weighted by molar-refractivity contribution is 0.0953. The van der Waals surface area contributed by atoms with Crippen LogP contribution in [-0.2, 0) is 0 Å². The Hall–Kier alpha value is -2.83. The van der Waals surface area contributed by atoms with Gasteiger partial charge in [-0.3, -0.25) is 4.79 Å². The summed E-state index contributed by atoms with van der Waals surface area (Å²) in [5, 5.41) is 7.02. The zero-order chi connectivity index (χ0) is 20.1. The molecule has 0 bridgehead atoms. The van der Waals surface area contributed by atoms with Gasteiger partial charge in [-0.1, -0.05) is 30.3 Å². The first-order chi connectivity index (χ1) is 14.2. The highest BCUT2D eigenvalue weighted by Crippen LogP contribution is 2.25. The van der Waals surface area contributed by atoms with Crippen LogP contribution in [0.15, 0.2) is 54.6 Å². The second-order valence-corrected chi connectivity index (χ2v) is 7.28. The van der Waals surface area contributed by atoms with Crippen molar-refractivity contribution in [1.82, 2.24) is 20.5 Å². The van der Waals surface area contributed by atoms with Gasteiger partial charge in [0.15, 0.2) is 0 Å². The van der Waals surface area contributed by atoms with Crippen molar-refractivity contribution < 1.29 is 9.18 Å². The number of hydrogen-bond acceptors (Lipinski definition) is 4. The topological polar surface area (TPSA) is 57.3 Å². The van der Waals surface area contributed by atoms with Crippen LogP contribution in [0.5, 0.6) is 0 Å². The molecule has 1 aliphatic heterocycles. The number of piperazine rings is 1. The molecule has 5 nitrogen and oxygen atoms in total. The molecule has 1 amide bonds. The Morgan fingerprint density at radius 3 is 2.69 bits per heavy atom. The Morgan fingerprint density at radius 2 is 1.90 bits per heavy atom. The fourth-order valence-corrected chi connectivity index (χ4v) is 3.68. The van der Waals surface area contributed by atoms with E-state index in [9.17, 15) is 9.18 Å². The highest BCUT2D eigenvalue weighted by molar-refractivity contribution is 6.07. The number of nitrogens with one attached hydrogen (secondary N) is 2. The number of benzene rings is 2. The van der Waals surface area contributed by atoms with Crippen molar-refractivity contribution in [3.8, 4) is 11.3 Å². The molecule has 0 unspecified atom stereocenters. The average molecular weight is 392 g/mol. The second-order valence-electron chi connectivity index (χ2n) is 7.28. The molecule has 6 heteroatoms. The highest BCUT2D eigenvalue weighted by Gasteiger charge is 2.15. The molecule has 1 saturated heterocycles. The normalized spacial score (nSPS) is 14.8. The number of nitrogens with zero attached hydrogens (tertiary/aromatic N) is 2. The Kier molecular flexibility index (Phi) is 6.12. The summed E-state index contributed by atoms with van der Waals surface area (Å²) in [7, 11) is 0. The molecule has 2 heterocycles. The molecule has 2 N–H and O–H groups in total. The first-order valence-corrected chi connectivity index (χ1v) is 10.1. The predicted octanol–water partition coefficient (Wildman–Crippen LogP) is 3.07. The Labute approximate surface area is 169 Å². The molecular weight excluding hydrogens is 367 g/mol. The number of fused-ring (bicyclic) bond motifs is 1. The fraction of sp³-hybridized carbons (Fsp3) is 0.304. The monoisotopic (exact) mass is 392 g/mol. The summed E-state index contributed by atoms with van der Waals surface area (Å²) in [4.78, 5) is 19.9. The van der Waals surface area contributed by atoms with E-state index in [1.807, 2.05) is 30.3 Å². The maximum absolute atomic E-state index is 13.8. The molecule has 2 aromatic carbocycles. The minimum Gasteiger partial charge on any atom is -0.352 e. The van der Waals surface area contributed by atoms with Crippen LogP contribution in [0.4, 0.5) is 4.39 Å². The third kappa shape index (κ3) is 4.78. The summed E-state index contributed by atoms with van der Waals surface area (Å²) in [5.41, 5.74) is 2.56. The van der Waals surface area contributed by atoms with Crippen LogP contribution in [0.1, 0.15) is 16.8 Å². The molecule has 150 valence electrons. The van der Waals surface area contributed by atoms with Gasteiger partial charge in [0.05, 0.1) is 16.8 Å². The average Bonchev–Trinajstić information content (AvgIpc) is 2.77. The van der Waals surface area contributed by atoms with Crippen LogP contribution < -0.4 is 10.6 Å². The lowest BCUT2D eigenvalue weighted by Crippen LogP contribution is -2.44. The van der Waals surface area contributed by atoms with Gasteiger partial charge in [-0.05, 0) is 31.2 Å². The standard InChI is InChI=1S/C23H25FN4O/c24-18-7-8-19-20(23(29)26-9-4-12-28-13-10-25-11-14-28)16-21(27-22(19)15-18)17-5-2-1-3-6-17/h1-3,5-8,15-16,25H,4,9-14H2,(H,26,29). The molecular formula is C23H25FN4O. The summed E-state index contributed by atoms with van der Waals surface area (Å²) in [6.07, 6.45) is 0.898. The van der Waals surface area contributed by atoms with Gasteiger partial charge < -0.3 is 15.5 Å². The first kappa shape index (κ1) is 19.5. The lowest BCUT2D eigenvalue weighted by Gasteiger charge is -2.27. The third-order valence-corrected chi connectivity index (χ3v) is 5.23. The van der Waals surface area contributed by atoms with Gasteiger partial charge in [0, 0.05) is 49.7 Å². The first-order valence-electron chi connectivity index (χ1n) is 10.1. The van der Waals surface area contributed by atoms with Crippen LogP contribution in [0.2, 0.25) is 0 Å². The number of carbonyl (C=O) groups is 1. The van der Waals surface area contributed by atoms with Gasteiger partial charge in [0.1, 0.15) is 5.82 Å². The van der Waals surface area contributed by atoms with E-state index in [-0.39, 0.29) is 11.7 Å². The number of rotatable bonds is 6. The minimum absolute atomic E-state index is 0.151. The zero-order valence-corrected chi connectivity index (χ0v) is 16.3. The highest BCUT2D eigenvalue weighted by atomic mass is 19.1. The maximum Gasteiger partial charge on any atom is 0.252 e. The second kappa shape index (κ2) is 9.11. The number of halogens is 1. The summed E-state index contributed by atoms with van der Waals surface area (Å²) < 4.78 is 13.8. The Morgan fingerprint density at radius 1 is 1.10 bits per heavy atom. The number of carbonyl (C=O) groups excluding carboxylic acids is 1. The number of amides is 1. The van der Waals surface area contributed by atoms with E-state index in [0.717, 1.165) is 44.7 Å². The van der Waals surface area contributed by atoms with E-state index in [1.165, 1.54) is 12.1 Å². The summed E-state index contributed by atoms with van der Waals surface area (Å²) >= 11 is 0. The van der Waals surface area contributed by atoms with E-state index in [1.54, 1.807) is 12.1 Å². The van der Waals surface area contributed by atoms with Crippen molar-refractivity contribution in [3.63, 3.8) is 0 Å². The molecule has 0 radical (unpaired) electrons. The van der Waals surface area contributed by atoms with E-state index < -0.39 is 0 Å². The number of hydrogen-bond donors (Lipinski definition) is 2. The van der Waals surface area contributed by atoms with Gasteiger partial charge in [0.2, 0.25) is 0 Å². The predicted molar refractivity (Wildman–Crippen MR) is 113 cm³/mol. The summed E-state index contributed by atoms with van der Waals surface area (Å²) in [5.74, 6) is -0.515. The van der Waals surface area contributed by atoms with E-state index in [2.05, 4.69) is 20.5 Å². The molecule has 0 saturated carbocycles. The van der Waals surface area contributed by atoms with Crippen LogP contribution >= 0.6 is 0 Å². The quantitative estimate of drug-likeness (QED) is 0.633. The smallest absolute Gasteiger partial charge is 0.252 e. The van der Waals surface area contributed by atoms with Gasteiger partial charge >= 0.3 is 0 Å². The van der Waals surface area contributed by atoms with Gasteiger partial charge in [0.25, 0.3) is 5.91 Å². The molecule has 3 aromatic rings. The largest absolute Gasteiger partial charge is 0.352 e. The molecule has 0 atom stereocenters. The minimum atomic E-state index is -0.363. The zero-order valence-electron chi connectivity index (χ0n) is 16.3. The number of aromatic nitrogens is 1. The molecule has 0 spiro atoms. The molecule has 1 fully saturated rings. The van der Waals surface area contributed by atoms with Crippen LogP contribution in [0, 0.1) is 5.82 Å². The van der Waals surface area contributed by atoms with Crippen LogP contribution in [0.3, 0.4) is 0 Å². The third-order valence-electron chi connectivity index (χ3n) is 5.23. The summed E-state index contributed by atoms with van der Waals surface area (Å²) in [6, 6.07) is 15.8. The maximum atomic E-state index is 13.8. The van der Waals surface area contributed by atoms with E-state index >= 15 is 0 Å². The molecule has 1 aromatic heterocycles. The van der Waals surface area contributed by atoms with Gasteiger partial charge in [-0.2, -0.15) is 0 Å². The molecule has 1 aliphatic rings. The van der Waals surface area contributed by atoms with Crippen molar-refractivity contribution >= 4 is 16.8 Å². The van der Waals surface area contributed by atoms with Crippen molar-refractivity contribution in [3.05, 3.63) is 66.0 Å². The lowest BCUT2D eigenvalue weighted by atomic mass is 10.0. The van der Waals surface area contributed by atoms with Gasteiger partial charge in [-0.15, -0.1) is 0 Å². The van der Waals surface area contributed by atoms with E-state index in [4.69, 9.17) is 0 Å². The molecule has 0 aliphatic carbocycles. The van der Waals surface area contributed by atoms with Crippen molar-refractivity contribution in [2.24, 2.45) is 0 Å². The molecule has 4 rings (SSSR count). The van der Waals surface area contributed by atoms with Crippen molar-refractivity contribution in [2.75, 3.05) is 39.3 Å². The van der Waals surface area contributed by atoms with Crippen molar-refractivity contribution in [1.29, 1.82) is 0 Å². The fourth-order valence-electron chi connectivity index (χ4n) is 3.68. The number of pyridine rings is 1. The van der Waals surface area contributed by atoms with Gasteiger partial charge in [-0.25, -0.2) is 9.37 Å². The van der Waals surface area contributed by atoms with Crippen LogP contribution in [-0.4, -0.2) is 55.1 Å². The van der Waals surface area contributed by atoms with Crippen LogP contribution in [0.25, 0.3) is 22.2 Å². The SMILES string of the molecule is O=C(NCCCN1CCNCC1)c1cc(-c2ccccc2)nc2cc(F)ccc12. The molecule has 29 heavy (non-hydrogen) atoms. The van der Waals surface area contributed by atoms with E-state index in [0.29, 0.717) is 28.7 Å².